The van der Waals surface area contributed by atoms with E-state index in [0.29, 0.717) is 6.61 Å². The molecule has 1 atom stereocenters. The highest BCUT2D eigenvalue weighted by Crippen LogP contribution is 2.11. The van der Waals surface area contributed by atoms with E-state index in [2.05, 4.69) is 0 Å². The Balaban J connectivity index is 2.66. The third-order valence-corrected chi connectivity index (χ3v) is 2.08. The molecule has 15 heavy (non-hydrogen) atoms. The molecule has 0 saturated heterocycles. The van der Waals surface area contributed by atoms with Gasteiger partial charge in [-0.05, 0) is 33.8 Å². The van der Waals surface area contributed by atoms with Crippen LogP contribution in [0.15, 0.2) is 29.2 Å². The molecule has 1 rings (SSSR count). The van der Waals surface area contributed by atoms with Gasteiger partial charge in [-0.15, -0.1) is 0 Å². The van der Waals surface area contributed by atoms with E-state index < -0.39 is 0 Å². The molecule has 3 nitrogen and oxygen atoms in total. The average molecular weight is 209 g/mol. The lowest BCUT2D eigenvalue weighted by Gasteiger charge is -2.23. The Morgan fingerprint density at radius 3 is 2.60 bits per heavy atom. The highest BCUT2D eigenvalue weighted by molar-refractivity contribution is 4.94. The van der Waals surface area contributed by atoms with E-state index in [1.165, 1.54) is 0 Å². The summed E-state index contributed by atoms with van der Waals surface area (Å²) in [7, 11) is 0. The fraction of sp³-hybridized carbons (Fsp3) is 0.583. The minimum atomic E-state index is -0.160. The average Bonchev–Trinajstić information content (AvgIpc) is 2.14. The zero-order valence-electron chi connectivity index (χ0n) is 9.86. The Morgan fingerprint density at radius 2 is 2.07 bits per heavy atom. The maximum absolute atomic E-state index is 11.5. The summed E-state index contributed by atoms with van der Waals surface area (Å²) in [6.45, 7) is 8.55. The summed E-state index contributed by atoms with van der Waals surface area (Å²) in [5.74, 6) is 0. The quantitative estimate of drug-likeness (QED) is 0.764. The van der Waals surface area contributed by atoms with Crippen LogP contribution in [0, 0.1) is 0 Å². The van der Waals surface area contributed by atoms with Crippen molar-refractivity contribution in [2.75, 3.05) is 6.61 Å². The van der Waals surface area contributed by atoms with Crippen LogP contribution in [0.3, 0.4) is 0 Å². The number of pyridine rings is 1. The number of ether oxygens (including phenoxy) is 1. The first kappa shape index (κ1) is 12.0. The van der Waals surface area contributed by atoms with Crippen LogP contribution in [0.25, 0.3) is 0 Å². The van der Waals surface area contributed by atoms with E-state index in [1.54, 1.807) is 22.9 Å². The van der Waals surface area contributed by atoms with Gasteiger partial charge >= 0.3 is 0 Å². The lowest BCUT2D eigenvalue weighted by molar-refractivity contribution is -0.0175. The Hall–Kier alpha value is -1.09. The molecule has 0 N–H and O–H groups in total. The van der Waals surface area contributed by atoms with E-state index in [4.69, 9.17) is 4.74 Å². The molecule has 1 aromatic rings. The largest absolute Gasteiger partial charge is 0.374 e. The molecular formula is C12H19NO2. The van der Waals surface area contributed by atoms with Crippen molar-refractivity contribution in [1.82, 2.24) is 4.57 Å². The van der Waals surface area contributed by atoms with E-state index in [0.717, 1.165) is 0 Å². The van der Waals surface area contributed by atoms with Crippen molar-refractivity contribution in [2.45, 2.75) is 39.3 Å². The Labute approximate surface area is 90.7 Å². The Kier molecular flexibility index (Phi) is 3.69. The first-order valence-corrected chi connectivity index (χ1v) is 5.21. The maximum atomic E-state index is 11.5. The molecule has 0 aliphatic heterocycles. The molecule has 0 fully saturated rings. The molecule has 0 saturated carbocycles. The van der Waals surface area contributed by atoms with Crippen LogP contribution in [0.4, 0.5) is 0 Å². The SMILES string of the molecule is CC(COC(C)(C)C)n1ccccc1=O. The number of hydrogen-bond donors (Lipinski definition) is 0. The zero-order chi connectivity index (χ0) is 11.5. The summed E-state index contributed by atoms with van der Waals surface area (Å²) in [4.78, 5) is 11.5. The van der Waals surface area contributed by atoms with Crippen molar-refractivity contribution in [3.8, 4) is 0 Å². The molecule has 0 aliphatic carbocycles. The van der Waals surface area contributed by atoms with Crippen LogP contribution in [-0.4, -0.2) is 16.8 Å². The van der Waals surface area contributed by atoms with Crippen molar-refractivity contribution in [1.29, 1.82) is 0 Å². The normalized spacial score (nSPS) is 13.9. The molecule has 0 aliphatic rings. The van der Waals surface area contributed by atoms with E-state index in [1.807, 2.05) is 33.8 Å². The molecule has 1 unspecified atom stereocenters. The van der Waals surface area contributed by atoms with Crippen molar-refractivity contribution < 1.29 is 4.74 Å². The molecule has 0 amide bonds. The van der Waals surface area contributed by atoms with Gasteiger partial charge in [-0.25, -0.2) is 0 Å². The molecule has 1 aromatic heterocycles. The molecular weight excluding hydrogens is 190 g/mol. The second kappa shape index (κ2) is 4.62. The van der Waals surface area contributed by atoms with Gasteiger partial charge in [0, 0.05) is 12.3 Å². The monoisotopic (exact) mass is 209 g/mol. The van der Waals surface area contributed by atoms with E-state index in [9.17, 15) is 4.79 Å². The summed E-state index contributed by atoms with van der Waals surface area (Å²) in [5.41, 5.74) is -0.144. The molecule has 0 radical (unpaired) electrons. The predicted octanol–water partition coefficient (Wildman–Crippen LogP) is 2.22. The molecule has 0 bridgehead atoms. The fourth-order valence-corrected chi connectivity index (χ4v) is 1.25. The van der Waals surface area contributed by atoms with Gasteiger partial charge in [-0.3, -0.25) is 4.79 Å². The molecule has 1 heterocycles. The van der Waals surface area contributed by atoms with Crippen molar-refractivity contribution in [3.05, 3.63) is 34.7 Å². The molecule has 0 spiro atoms. The maximum Gasteiger partial charge on any atom is 0.250 e. The summed E-state index contributed by atoms with van der Waals surface area (Å²) in [6, 6.07) is 5.23. The van der Waals surface area contributed by atoms with Crippen LogP contribution in [0.1, 0.15) is 33.7 Å². The standard InChI is InChI=1S/C12H19NO2/c1-10(9-15-12(2,3)4)13-8-6-5-7-11(13)14/h5-8,10H,9H2,1-4H3. The van der Waals surface area contributed by atoms with Crippen LogP contribution >= 0.6 is 0 Å². The van der Waals surface area contributed by atoms with Gasteiger partial charge in [0.05, 0.1) is 18.2 Å². The van der Waals surface area contributed by atoms with Gasteiger partial charge in [0.2, 0.25) is 0 Å². The number of hydrogen-bond acceptors (Lipinski definition) is 2. The third kappa shape index (κ3) is 3.88. The first-order chi connectivity index (χ1) is 6.90. The molecule has 84 valence electrons. The minimum absolute atomic E-state index is 0.0162. The summed E-state index contributed by atoms with van der Waals surface area (Å²) in [6.07, 6.45) is 1.79. The summed E-state index contributed by atoms with van der Waals surface area (Å²) < 4.78 is 7.33. The molecule has 0 aromatic carbocycles. The van der Waals surface area contributed by atoms with Crippen LogP contribution in [-0.2, 0) is 4.74 Å². The number of aromatic nitrogens is 1. The van der Waals surface area contributed by atoms with Crippen LogP contribution < -0.4 is 5.56 Å². The van der Waals surface area contributed by atoms with Crippen LogP contribution in [0.2, 0.25) is 0 Å². The van der Waals surface area contributed by atoms with Crippen molar-refractivity contribution in [2.24, 2.45) is 0 Å². The summed E-state index contributed by atoms with van der Waals surface area (Å²) >= 11 is 0. The third-order valence-electron chi connectivity index (χ3n) is 2.08. The first-order valence-electron chi connectivity index (χ1n) is 5.21. The van der Waals surface area contributed by atoms with Gasteiger partial charge in [-0.2, -0.15) is 0 Å². The Morgan fingerprint density at radius 1 is 1.40 bits per heavy atom. The van der Waals surface area contributed by atoms with E-state index >= 15 is 0 Å². The smallest absolute Gasteiger partial charge is 0.250 e. The second-order valence-corrected chi connectivity index (χ2v) is 4.72. The topological polar surface area (TPSA) is 31.2 Å². The Bertz CT molecular complexity index is 362. The van der Waals surface area contributed by atoms with Crippen molar-refractivity contribution >= 4 is 0 Å². The van der Waals surface area contributed by atoms with Crippen LogP contribution in [0.5, 0.6) is 0 Å². The highest BCUT2D eigenvalue weighted by Gasteiger charge is 2.13. The predicted molar refractivity (Wildman–Crippen MR) is 61.1 cm³/mol. The fourth-order valence-electron chi connectivity index (χ4n) is 1.25. The lowest BCUT2D eigenvalue weighted by Crippen LogP contribution is -2.28. The van der Waals surface area contributed by atoms with Gasteiger partial charge in [0.25, 0.3) is 5.56 Å². The second-order valence-electron chi connectivity index (χ2n) is 4.72. The number of rotatable bonds is 3. The van der Waals surface area contributed by atoms with E-state index in [-0.39, 0.29) is 17.2 Å². The van der Waals surface area contributed by atoms with Gasteiger partial charge in [0.15, 0.2) is 0 Å². The zero-order valence-corrected chi connectivity index (χ0v) is 9.86. The minimum Gasteiger partial charge on any atom is -0.374 e. The van der Waals surface area contributed by atoms with Gasteiger partial charge in [-0.1, -0.05) is 6.07 Å². The van der Waals surface area contributed by atoms with Crippen molar-refractivity contribution in [3.63, 3.8) is 0 Å². The summed E-state index contributed by atoms with van der Waals surface area (Å²) in [5, 5.41) is 0. The highest BCUT2D eigenvalue weighted by atomic mass is 16.5. The lowest BCUT2D eigenvalue weighted by atomic mass is 10.2. The van der Waals surface area contributed by atoms with Gasteiger partial charge in [0.1, 0.15) is 0 Å². The number of nitrogens with zero attached hydrogens (tertiary/aromatic N) is 1. The van der Waals surface area contributed by atoms with Gasteiger partial charge < -0.3 is 9.30 Å². The molecule has 3 heteroatoms.